The fraction of sp³-hybridized carbons (Fsp3) is 0.263. The molecule has 28 heavy (non-hydrogen) atoms. The van der Waals surface area contributed by atoms with Crippen molar-refractivity contribution in [2.24, 2.45) is 0 Å². The normalized spacial score (nSPS) is 15.3. The second kappa shape index (κ2) is 7.55. The Hall–Kier alpha value is -3.62. The summed E-state index contributed by atoms with van der Waals surface area (Å²) in [5.74, 6) is 0.491. The summed E-state index contributed by atoms with van der Waals surface area (Å²) in [5, 5.41) is 2.74. The van der Waals surface area contributed by atoms with E-state index >= 15 is 0 Å². The van der Waals surface area contributed by atoms with E-state index < -0.39 is 5.91 Å². The minimum Gasteiger partial charge on any atom is -0.454 e. The monoisotopic (exact) mass is 382 g/mol. The third kappa shape index (κ3) is 3.59. The third-order valence-corrected chi connectivity index (χ3v) is 4.58. The van der Waals surface area contributed by atoms with Crippen molar-refractivity contribution in [2.45, 2.75) is 0 Å². The number of anilines is 1. The number of carbonyl (C=O) groups is 3. The van der Waals surface area contributed by atoms with Crippen LogP contribution in [0.15, 0.2) is 36.4 Å². The van der Waals surface area contributed by atoms with Crippen molar-refractivity contribution in [1.29, 1.82) is 0 Å². The van der Waals surface area contributed by atoms with Gasteiger partial charge in [0.25, 0.3) is 11.8 Å². The first kappa shape index (κ1) is 17.8. The highest BCUT2D eigenvalue weighted by atomic mass is 16.7. The minimum atomic E-state index is -0.431. The maximum atomic E-state index is 12.7. The molecule has 2 aliphatic rings. The first-order valence-corrected chi connectivity index (χ1v) is 8.81. The van der Waals surface area contributed by atoms with E-state index in [2.05, 4.69) is 10.3 Å². The molecule has 1 saturated heterocycles. The molecule has 0 saturated carbocycles. The average molecular weight is 382 g/mol. The summed E-state index contributed by atoms with van der Waals surface area (Å²) >= 11 is 0. The molecule has 9 nitrogen and oxygen atoms in total. The number of fused-ring (bicyclic) bond motifs is 1. The Balaban J connectivity index is 1.45. The molecule has 2 aliphatic heterocycles. The largest absolute Gasteiger partial charge is 0.454 e. The van der Waals surface area contributed by atoms with Crippen LogP contribution in [0.4, 0.5) is 5.69 Å². The SMILES string of the molecule is O=CN1CCN(C(=O)c2cccc(C(=O)Nc3ccc4c(c3)OCO4)n2)CC1. The highest BCUT2D eigenvalue weighted by Crippen LogP contribution is 2.34. The molecule has 1 fully saturated rings. The summed E-state index contributed by atoms with van der Waals surface area (Å²) in [4.78, 5) is 43.4. The summed E-state index contributed by atoms with van der Waals surface area (Å²) in [6, 6.07) is 9.82. The Morgan fingerprint density at radius 3 is 2.54 bits per heavy atom. The second-order valence-corrected chi connectivity index (χ2v) is 6.36. The molecule has 9 heteroatoms. The maximum Gasteiger partial charge on any atom is 0.274 e. The van der Waals surface area contributed by atoms with Crippen molar-refractivity contribution in [3.8, 4) is 11.5 Å². The maximum absolute atomic E-state index is 12.7. The summed E-state index contributed by atoms with van der Waals surface area (Å²) < 4.78 is 10.5. The van der Waals surface area contributed by atoms with Crippen LogP contribution < -0.4 is 14.8 Å². The molecule has 4 rings (SSSR count). The van der Waals surface area contributed by atoms with E-state index in [1.807, 2.05) is 0 Å². The number of hydrogen-bond donors (Lipinski definition) is 1. The van der Waals surface area contributed by atoms with Crippen LogP contribution in [0.5, 0.6) is 11.5 Å². The molecular formula is C19H18N4O5. The standard InChI is InChI=1S/C19H18N4O5/c24-11-22-6-8-23(9-7-22)19(26)15-3-1-2-14(21-15)18(25)20-13-4-5-16-17(10-13)28-12-27-16/h1-5,10-11H,6-9,12H2,(H,20,25). The van der Waals surface area contributed by atoms with Gasteiger partial charge in [0.2, 0.25) is 13.2 Å². The summed E-state index contributed by atoms with van der Waals surface area (Å²) in [5.41, 5.74) is 0.866. The minimum absolute atomic E-state index is 0.134. The van der Waals surface area contributed by atoms with Crippen molar-refractivity contribution in [3.05, 3.63) is 47.8 Å². The molecule has 0 spiro atoms. The van der Waals surface area contributed by atoms with Crippen molar-refractivity contribution in [2.75, 3.05) is 38.3 Å². The lowest BCUT2D eigenvalue weighted by molar-refractivity contribution is -0.119. The van der Waals surface area contributed by atoms with Gasteiger partial charge in [0.1, 0.15) is 11.4 Å². The van der Waals surface area contributed by atoms with E-state index in [-0.39, 0.29) is 24.1 Å². The van der Waals surface area contributed by atoms with E-state index in [1.165, 1.54) is 0 Å². The van der Waals surface area contributed by atoms with E-state index in [1.54, 1.807) is 46.2 Å². The van der Waals surface area contributed by atoms with Crippen LogP contribution in [0.2, 0.25) is 0 Å². The molecule has 0 bridgehead atoms. The van der Waals surface area contributed by atoms with Crippen LogP contribution in [0.25, 0.3) is 0 Å². The van der Waals surface area contributed by atoms with Gasteiger partial charge in [0, 0.05) is 37.9 Å². The zero-order valence-corrected chi connectivity index (χ0v) is 15.0. The summed E-state index contributed by atoms with van der Waals surface area (Å²) in [6.45, 7) is 2.00. The highest BCUT2D eigenvalue weighted by molar-refractivity contribution is 6.04. The molecule has 1 N–H and O–H groups in total. The fourth-order valence-electron chi connectivity index (χ4n) is 3.04. The molecule has 3 heterocycles. The van der Waals surface area contributed by atoms with Gasteiger partial charge in [-0.15, -0.1) is 0 Å². The first-order chi connectivity index (χ1) is 13.6. The van der Waals surface area contributed by atoms with Gasteiger partial charge in [0.05, 0.1) is 0 Å². The number of aromatic nitrogens is 1. The number of nitrogens with zero attached hydrogens (tertiary/aromatic N) is 3. The van der Waals surface area contributed by atoms with Gasteiger partial charge >= 0.3 is 0 Å². The molecule has 0 atom stereocenters. The molecule has 0 unspecified atom stereocenters. The quantitative estimate of drug-likeness (QED) is 0.791. The van der Waals surface area contributed by atoms with Crippen LogP contribution in [0.1, 0.15) is 21.0 Å². The molecule has 0 radical (unpaired) electrons. The molecule has 0 aliphatic carbocycles. The summed E-state index contributed by atoms with van der Waals surface area (Å²) in [6.07, 6.45) is 0.779. The molecule has 144 valence electrons. The van der Waals surface area contributed by atoms with Gasteiger partial charge in [-0.1, -0.05) is 6.07 Å². The zero-order valence-electron chi connectivity index (χ0n) is 15.0. The van der Waals surface area contributed by atoms with Gasteiger partial charge in [-0.2, -0.15) is 0 Å². The number of hydrogen-bond acceptors (Lipinski definition) is 6. The predicted molar refractivity (Wildman–Crippen MR) is 98.3 cm³/mol. The van der Waals surface area contributed by atoms with Crippen LogP contribution in [0, 0.1) is 0 Å². The van der Waals surface area contributed by atoms with E-state index in [4.69, 9.17) is 9.47 Å². The Labute approximate surface area is 160 Å². The smallest absolute Gasteiger partial charge is 0.274 e. The van der Waals surface area contributed by atoms with E-state index in [0.717, 1.165) is 6.41 Å². The van der Waals surface area contributed by atoms with Gasteiger partial charge in [0.15, 0.2) is 11.5 Å². The molecule has 1 aromatic heterocycles. The number of piperazine rings is 1. The highest BCUT2D eigenvalue weighted by Gasteiger charge is 2.23. The first-order valence-electron chi connectivity index (χ1n) is 8.81. The van der Waals surface area contributed by atoms with Crippen molar-refractivity contribution >= 4 is 23.9 Å². The lowest BCUT2D eigenvalue weighted by atomic mass is 10.2. The van der Waals surface area contributed by atoms with Crippen molar-refractivity contribution in [1.82, 2.24) is 14.8 Å². The number of rotatable bonds is 4. The lowest BCUT2D eigenvalue weighted by Crippen LogP contribution is -2.48. The van der Waals surface area contributed by atoms with Crippen LogP contribution >= 0.6 is 0 Å². The molecular weight excluding hydrogens is 364 g/mol. The van der Waals surface area contributed by atoms with E-state index in [9.17, 15) is 14.4 Å². The molecule has 1 aromatic carbocycles. The number of ether oxygens (including phenoxy) is 2. The number of carbonyl (C=O) groups excluding carboxylic acids is 3. The second-order valence-electron chi connectivity index (χ2n) is 6.36. The average Bonchev–Trinajstić information content (AvgIpc) is 3.21. The molecule has 2 aromatic rings. The van der Waals surface area contributed by atoms with Crippen LogP contribution in [-0.4, -0.2) is 66.0 Å². The lowest BCUT2D eigenvalue weighted by Gasteiger charge is -2.32. The number of amides is 3. The Morgan fingerprint density at radius 2 is 1.75 bits per heavy atom. The topological polar surface area (TPSA) is 101 Å². The van der Waals surface area contributed by atoms with Gasteiger partial charge in [-0.25, -0.2) is 4.98 Å². The van der Waals surface area contributed by atoms with Crippen molar-refractivity contribution in [3.63, 3.8) is 0 Å². The Kier molecular flexibility index (Phi) is 4.79. The Morgan fingerprint density at radius 1 is 1.00 bits per heavy atom. The Bertz CT molecular complexity index is 924. The third-order valence-electron chi connectivity index (χ3n) is 4.58. The predicted octanol–water partition coefficient (Wildman–Crippen LogP) is 0.977. The number of pyridine rings is 1. The zero-order chi connectivity index (χ0) is 19.5. The van der Waals surface area contributed by atoms with Crippen LogP contribution in [-0.2, 0) is 4.79 Å². The van der Waals surface area contributed by atoms with Gasteiger partial charge < -0.3 is 24.6 Å². The van der Waals surface area contributed by atoms with Gasteiger partial charge in [-0.3, -0.25) is 14.4 Å². The number of benzene rings is 1. The van der Waals surface area contributed by atoms with E-state index in [0.29, 0.717) is 43.4 Å². The number of nitrogens with one attached hydrogen (secondary N) is 1. The van der Waals surface area contributed by atoms with Crippen LogP contribution in [0.3, 0.4) is 0 Å². The van der Waals surface area contributed by atoms with Gasteiger partial charge in [-0.05, 0) is 24.3 Å². The van der Waals surface area contributed by atoms with Crippen molar-refractivity contribution < 1.29 is 23.9 Å². The summed E-state index contributed by atoms with van der Waals surface area (Å²) in [7, 11) is 0. The fourth-order valence-corrected chi connectivity index (χ4v) is 3.04. The molecule has 3 amide bonds.